The molecule has 3 aliphatic carbocycles. The first kappa shape index (κ1) is 32.8. The maximum atomic E-state index is 14.8. The van der Waals surface area contributed by atoms with E-state index in [1.165, 1.54) is 19.1 Å². The largest absolute Gasteiger partial charge is 0.456 e. The summed E-state index contributed by atoms with van der Waals surface area (Å²) in [4.78, 5) is 53.6. The molecule has 0 spiro atoms. The van der Waals surface area contributed by atoms with Gasteiger partial charge in [0.25, 0.3) is 0 Å². The van der Waals surface area contributed by atoms with Gasteiger partial charge in [0.1, 0.15) is 17.3 Å². The van der Waals surface area contributed by atoms with Crippen molar-refractivity contribution in [3.63, 3.8) is 0 Å². The maximum absolute atomic E-state index is 14.8. The zero-order chi connectivity index (χ0) is 32.3. The lowest BCUT2D eigenvalue weighted by atomic mass is 9.45. The molecule has 3 aliphatic rings. The normalized spacial score (nSPS) is 38.7. The third-order valence-corrected chi connectivity index (χ3v) is 10.3. The Hall–Kier alpha value is -3.12. The number of carbonyl (C=O) groups excluding carboxylic acids is 4. The van der Waals surface area contributed by atoms with Crippen molar-refractivity contribution in [1.29, 1.82) is 0 Å². The van der Waals surface area contributed by atoms with E-state index in [1.54, 1.807) is 45.9 Å². The lowest BCUT2D eigenvalue weighted by Gasteiger charge is -2.64. The van der Waals surface area contributed by atoms with Crippen molar-refractivity contribution < 1.29 is 53.8 Å². The molecule has 0 aromatic heterocycles. The van der Waals surface area contributed by atoms with Crippen LogP contribution in [0, 0.1) is 16.7 Å². The van der Waals surface area contributed by atoms with Gasteiger partial charge < -0.3 is 34.6 Å². The van der Waals surface area contributed by atoms with Crippen molar-refractivity contribution in [3.8, 4) is 0 Å². The van der Waals surface area contributed by atoms with Gasteiger partial charge in [0, 0.05) is 32.1 Å². The van der Waals surface area contributed by atoms with Crippen LogP contribution in [0.4, 0.5) is 0 Å². The minimum atomic E-state index is -2.20. The number of hydrogen-bond donors (Lipinski definition) is 4. The Morgan fingerprint density at radius 2 is 1.56 bits per heavy atom. The highest BCUT2D eigenvalue weighted by Gasteiger charge is 2.75. The van der Waals surface area contributed by atoms with E-state index in [-0.39, 0.29) is 29.6 Å². The van der Waals surface area contributed by atoms with Gasteiger partial charge in [-0.1, -0.05) is 39.0 Å². The predicted molar refractivity (Wildman–Crippen MR) is 151 cm³/mol. The van der Waals surface area contributed by atoms with E-state index in [9.17, 15) is 39.6 Å². The van der Waals surface area contributed by atoms with Gasteiger partial charge in [-0.2, -0.15) is 0 Å². The Kier molecular flexibility index (Phi) is 8.47. The van der Waals surface area contributed by atoms with E-state index in [1.807, 2.05) is 0 Å². The van der Waals surface area contributed by atoms with Crippen molar-refractivity contribution in [1.82, 2.24) is 0 Å². The molecule has 0 amide bonds. The van der Waals surface area contributed by atoms with Crippen LogP contribution in [0.25, 0.3) is 0 Å². The molecule has 0 radical (unpaired) electrons. The monoisotopic (exact) mass is 602 g/mol. The van der Waals surface area contributed by atoms with Crippen LogP contribution in [0.1, 0.15) is 78.1 Å². The summed E-state index contributed by atoms with van der Waals surface area (Å²) in [7, 11) is 0. The summed E-state index contributed by atoms with van der Waals surface area (Å²) in [5.41, 5.74) is -7.15. The second-order valence-corrected chi connectivity index (χ2v) is 12.8. The van der Waals surface area contributed by atoms with E-state index < -0.39 is 88.6 Å². The molecule has 11 heteroatoms. The number of fused-ring (bicyclic) bond motifs is 3. The molecular formula is C32H42O11. The van der Waals surface area contributed by atoms with E-state index in [0.29, 0.717) is 0 Å². The molecular weight excluding hydrogens is 560 g/mol. The average molecular weight is 603 g/mol. The first-order chi connectivity index (χ1) is 19.9. The van der Waals surface area contributed by atoms with Crippen LogP contribution in [-0.2, 0) is 28.6 Å². The molecule has 236 valence electrons. The second-order valence-electron chi connectivity index (χ2n) is 12.8. The van der Waals surface area contributed by atoms with Crippen molar-refractivity contribution in [2.75, 3.05) is 0 Å². The van der Waals surface area contributed by atoms with Crippen LogP contribution in [0.5, 0.6) is 0 Å². The third kappa shape index (κ3) is 4.81. The average Bonchev–Trinajstić information content (AvgIpc) is 2.92. The van der Waals surface area contributed by atoms with E-state index in [4.69, 9.17) is 14.2 Å². The van der Waals surface area contributed by atoms with Gasteiger partial charge >= 0.3 is 17.9 Å². The molecule has 1 unspecified atom stereocenters. The smallest absolute Gasteiger partial charge is 0.338 e. The zero-order valence-corrected chi connectivity index (χ0v) is 25.6. The summed E-state index contributed by atoms with van der Waals surface area (Å²) in [5.74, 6) is -4.90. The fraction of sp³-hybridized carbons (Fsp3) is 0.625. The van der Waals surface area contributed by atoms with E-state index >= 15 is 0 Å². The van der Waals surface area contributed by atoms with E-state index in [2.05, 4.69) is 0 Å². The number of rotatable bonds is 5. The summed E-state index contributed by atoms with van der Waals surface area (Å²) in [6, 6.07) is 7.92. The van der Waals surface area contributed by atoms with Crippen molar-refractivity contribution >= 4 is 23.7 Å². The molecule has 2 fully saturated rings. The van der Waals surface area contributed by atoms with Crippen molar-refractivity contribution in [2.45, 2.75) is 109 Å². The van der Waals surface area contributed by atoms with Gasteiger partial charge in [-0.25, -0.2) is 4.79 Å². The van der Waals surface area contributed by atoms with Crippen LogP contribution >= 0.6 is 0 Å². The van der Waals surface area contributed by atoms with Crippen LogP contribution in [-0.4, -0.2) is 85.8 Å². The van der Waals surface area contributed by atoms with Gasteiger partial charge in [-0.15, -0.1) is 0 Å². The zero-order valence-electron chi connectivity index (χ0n) is 25.6. The van der Waals surface area contributed by atoms with Crippen molar-refractivity contribution in [2.24, 2.45) is 16.7 Å². The lowest BCUT2D eigenvalue weighted by Crippen LogP contribution is -2.77. The Morgan fingerprint density at radius 1 is 0.953 bits per heavy atom. The summed E-state index contributed by atoms with van der Waals surface area (Å²) < 4.78 is 17.6. The molecule has 0 saturated heterocycles. The highest BCUT2D eigenvalue weighted by Crippen LogP contribution is 2.62. The minimum absolute atomic E-state index is 0.105. The highest BCUT2D eigenvalue weighted by molar-refractivity contribution is 5.95. The van der Waals surface area contributed by atoms with Crippen LogP contribution < -0.4 is 0 Å². The molecule has 2 bridgehead atoms. The lowest BCUT2D eigenvalue weighted by molar-refractivity contribution is -0.284. The SMILES string of the molecule is CC[C@@]1(OC(C)=O)C2[C@H](OC(=O)c3ccccc3)[C@]3(O)C[C@H](O)C(C)=C([C@@H](OC(C)=O)C(=O)[C@]2(C)[C@@H](O)C[C@H]1O)C3(C)C. The van der Waals surface area contributed by atoms with Crippen LogP contribution in [0.15, 0.2) is 41.5 Å². The number of ketones is 1. The summed E-state index contributed by atoms with van der Waals surface area (Å²) in [6.45, 7) is 9.96. The number of benzene rings is 1. The fourth-order valence-electron chi connectivity index (χ4n) is 7.90. The third-order valence-electron chi connectivity index (χ3n) is 10.3. The summed E-state index contributed by atoms with van der Waals surface area (Å²) >= 11 is 0. The topological polar surface area (TPSA) is 177 Å². The first-order valence-corrected chi connectivity index (χ1v) is 14.5. The molecule has 4 N–H and O–H groups in total. The van der Waals surface area contributed by atoms with Crippen LogP contribution in [0.3, 0.4) is 0 Å². The summed E-state index contributed by atoms with van der Waals surface area (Å²) in [6.07, 6.45) is -8.81. The number of hydrogen-bond acceptors (Lipinski definition) is 11. The van der Waals surface area contributed by atoms with E-state index in [0.717, 1.165) is 13.8 Å². The molecule has 11 nitrogen and oxygen atoms in total. The van der Waals surface area contributed by atoms with Gasteiger partial charge in [0.05, 0.1) is 35.2 Å². The molecule has 0 aliphatic heterocycles. The quantitative estimate of drug-likeness (QED) is 0.220. The van der Waals surface area contributed by atoms with Gasteiger partial charge in [0.15, 0.2) is 11.9 Å². The summed E-state index contributed by atoms with van der Waals surface area (Å²) in [5, 5.41) is 47.4. The standard InChI is InChI=1S/C32H42O11/c1-8-31(43-18(4)34)22(37)14-21(36)30(7)25(31)27(42-28(39)19-12-10-9-11-13-19)32(40)15-20(35)16(2)23(29(32,5)6)24(26(30)38)41-17(3)33/h9-13,20-22,24-25,27,35-37,40H,8,14-15H2,1-7H3/t20-,21-,22+,24+,25?,27-,30+,31-,32+/m0/s1. The molecule has 4 rings (SSSR count). The molecule has 0 heterocycles. The van der Waals surface area contributed by atoms with Gasteiger partial charge in [0.2, 0.25) is 0 Å². The van der Waals surface area contributed by atoms with Gasteiger partial charge in [-0.3, -0.25) is 14.4 Å². The number of Topliss-reactive ketones (excluding diaryl/α,β-unsaturated/α-hetero) is 1. The first-order valence-electron chi connectivity index (χ1n) is 14.5. The maximum Gasteiger partial charge on any atom is 0.338 e. The molecule has 43 heavy (non-hydrogen) atoms. The molecule has 1 aromatic carbocycles. The Bertz CT molecular complexity index is 1340. The molecule has 9 atom stereocenters. The molecule has 2 saturated carbocycles. The Balaban J connectivity index is 2.15. The van der Waals surface area contributed by atoms with Crippen molar-refractivity contribution in [3.05, 3.63) is 47.0 Å². The molecule has 1 aromatic rings. The fourth-order valence-corrected chi connectivity index (χ4v) is 7.90. The van der Waals surface area contributed by atoms with Gasteiger partial charge in [-0.05, 0) is 43.5 Å². The number of esters is 3. The highest BCUT2D eigenvalue weighted by atomic mass is 16.6. The van der Waals surface area contributed by atoms with Crippen LogP contribution in [0.2, 0.25) is 0 Å². The minimum Gasteiger partial charge on any atom is -0.456 e. The number of aliphatic hydroxyl groups excluding tert-OH is 3. The Morgan fingerprint density at radius 3 is 2.09 bits per heavy atom. The second kappa shape index (κ2) is 11.1. The predicted octanol–water partition coefficient (Wildman–Crippen LogP) is 2.02. The number of aliphatic hydroxyl groups is 4. The Labute approximate surface area is 250 Å². The number of ether oxygens (including phenoxy) is 3. The number of carbonyl (C=O) groups is 4.